The molecule has 0 fully saturated rings. The van der Waals surface area contributed by atoms with Gasteiger partial charge in [-0.15, -0.1) is 11.3 Å². The maximum absolute atomic E-state index is 6.48. The molecule has 0 amide bonds. The minimum absolute atomic E-state index is 0.443. The first-order chi connectivity index (χ1) is 12.7. The monoisotopic (exact) mass is 388 g/mol. The van der Waals surface area contributed by atoms with Crippen LogP contribution >= 0.6 is 22.9 Å². The minimum atomic E-state index is 0.443. The highest BCUT2D eigenvalue weighted by Crippen LogP contribution is 2.37. The van der Waals surface area contributed by atoms with Gasteiger partial charge in [0.25, 0.3) is 0 Å². The van der Waals surface area contributed by atoms with Gasteiger partial charge in [0.15, 0.2) is 16.6 Å². The molecule has 4 nitrogen and oxygen atoms in total. The van der Waals surface area contributed by atoms with E-state index in [-0.39, 0.29) is 0 Å². The number of ether oxygens (including phenoxy) is 2. The molecule has 1 N–H and O–H groups in total. The Labute approximate surface area is 162 Å². The second kappa shape index (κ2) is 8.92. The Morgan fingerprint density at radius 1 is 1.15 bits per heavy atom. The van der Waals surface area contributed by atoms with Crippen LogP contribution in [0.1, 0.15) is 23.6 Å². The lowest BCUT2D eigenvalue weighted by atomic mass is 10.1. The third kappa shape index (κ3) is 4.90. The van der Waals surface area contributed by atoms with Gasteiger partial charge in [0, 0.05) is 18.1 Å². The van der Waals surface area contributed by atoms with Crippen LogP contribution in [0.25, 0.3) is 0 Å². The SMILES string of the molecule is CCOc1cc(CNc2nccs2)cc(Cl)c1OCc1cccc(C)c1. The normalized spacial score (nSPS) is 10.6. The van der Waals surface area contributed by atoms with E-state index >= 15 is 0 Å². The van der Waals surface area contributed by atoms with E-state index in [0.717, 1.165) is 16.3 Å². The van der Waals surface area contributed by atoms with E-state index in [0.29, 0.717) is 36.3 Å². The van der Waals surface area contributed by atoms with Crippen LogP contribution in [-0.4, -0.2) is 11.6 Å². The first-order valence-corrected chi connectivity index (χ1v) is 9.68. The maximum Gasteiger partial charge on any atom is 0.182 e. The second-order valence-electron chi connectivity index (χ2n) is 5.81. The number of halogens is 1. The Morgan fingerprint density at radius 3 is 2.77 bits per heavy atom. The van der Waals surface area contributed by atoms with E-state index in [9.17, 15) is 0 Å². The summed E-state index contributed by atoms with van der Waals surface area (Å²) >= 11 is 8.04. The highest BCUT2D eigenvalue weighted by Gasteiger charge is 2.13. The molecule has 0 aliphatic carbocycles. The molecule has 136 valence electrons. The summed E-state index contributed by atoms with van der Waals surface area (Å²) in [6.45, 7) is 5.61. The van der Waals surface area contributed by atoms with Gasteiger partial charge in [0.1, 0.15) is 6.61 Å². The number of thiazole rings is 1. The van der Waals surface area contributed by atoms with E-state index in [2.05, 4.69) is 29.4 Å². The van der Waals surface area contributed by atoms with E-state index in [4.69, 9.17) is 21.1 Å². The van der Waals surface area contributed by atoms with Crippen molar-refractivity contribution in [1.82, 2.24) is 4.98 Å². The lowest BCUT2D eigenvalue weighted by Gasteiger charge is -2.16. The molecule has 1 aromatic heterocycles. The fourth-order valence-electron chi connectivity index (χ4n) is 2.57. The van der Waals surface area contributed by atoms with Crippen LogP contribution in [0.4, 0.5) is 5.13 Å². The van der Waals surface area contributed by atoms with Crippen LogP contribution in [0, 0.1) is 6.92 Å². The van der Waals surface area contributed by atoms with Crippen LogP contribution in [0.5, 0.6) is 11.5 Å². The molecule has 0 radical (unpaired) electrons. The smallest absolute Gasteiger partial charge is 0.182 e. The van der Waals surface area contributed by atoms with Crippen LogP contribution in [0.3, 0.4) is 0 Å². The molecule has 0 saturated carbocycles. The molecule has 0 atom stereocenters. The summed E-state index contributed by atoms with van der Waals surface area (Å²) in [5, 5.41) is 6.62. The van der Waals surface area contributed by atoms with Gasteiger partial charge in [0.05, 0.1) is 11.6 Å². The number of benzene rings is 2. The minimum Gasteiger partial charge on any atom is -0.490 e. The summed E-state index contributed by atoms with van der Waals surface area (Å²) in [5.74, 6) is 1.23. The molecule has 0 bridgehead atoms. The highest BCUT2D eigenvalue weighted by atomic mass is 35.5. The van der Waals surface area contributed by atoms with Gasteiger partial charge in [-0.25, -0.2) is 4.98 Å². The van der Waals surface area contributed by atoms with Crippen molar-refractivity contribution >= 4 is 28.1 Å². The summed E-state index contributed by atoms with van der Waals surface area (Å²) < 4.78 is 11.7. The number of rotatable bonds is 8. The van der Waals surface area contributed by atoms with Crippen LogP contribution < -0.4 is 14.8 Å². The standard InChI is InChI=1S/C20H21ClN2O2S/c1-3-24-18-11-16(12-23-20-22-7-8-26-20)10-17(21)19(18)25-13-15-6-4-5-14(2)9-15/h4-11H,3,12-13H2,1-2H3,(H,22,23). The fourth-order valence-corrected chi connectivity index (χ4v) is 3.39. The van der Waals surface area contributed by atoms with E-state index < -0.39 is 0 Å². The van der Waals surface area contributed by atoms with Crippen molar-refractivity contribution in [2.75, 3.05) is 11.9 Å². The fraction of sp³-hybridized carbons (Fsp3) is 0.250. The lowest BCUT2D eigenvalue weighted by molar-refractivity contribution is 0.269. The van der Waals surface area contributed by atoms with Crippen LogP contribution in [-0.2, 0) is 13.2 Å². The van der Waals surface area contributed by atoms with Crippen molar-refractivity contribution in [1.29, 1.82) is 0 Å². The number of nitrogens with one attached hydrogen (secondary N) is 1. The third-order valence-electron chi connectivity index (χ3n) is 3.71. The Hall–Kier alpha value is -2.24. The molecule has 0 aliphatic rings. The number of hydrogen-bond donors (Lipinski definition) is 1. The molecule has 2 aromatic carbocycles. The van der Waals surface area contributed by atoms with Crippen LogP contribution in [0.2, 0.25) is 5.02 Å². The zero-order chi connectivity index (χ0) is 18.4. The molecular weight excluding hydrogens is 368 g/mol. The van der Waals surface area contributed by atoms with E-state index in [1.54, 1.807) is 17.5 Å². The second-order valence-corrected chi connectivity index (χ2v) is 7.11. The first-order valence-electron chi connectivity index (χ1n) is 8.42. The van der Waals surface area contributed by atoms with Crippen molar-refractivity contribution in [3.8, 4) is 11.5 Å². The van der Waals surface area contributed by atoms with Crippen molar-refractivity contribution in [2.24, 2.45) is 0 Å². The molecule has 26 heavy (non-hydrogen) atoms. The Bertz CT molecular complexity index is 853. The van der Waals surface area contributed by atoms with Gasteiger partial charge in [-0.3, -0.25) is 0 Å². The van der Waals surface area contributed by atoms with Gasteiger partial charge in [-0.05, 0) is 37.1 Å². The predicted molar refractivity (Wildman–Crippen MR) is 108 cm³/mol. The van der Waals surface area contributed by atoms with Crippen molar-refractivity contribution in [3.63, 3.8) is 0 Å². The molecule has 3 rings (SSSR count). The zero-order valence-electron chi connectivity index (χ0n) is 14.8. The molecule has 1 heterocycles. The average Bonchev–Trinajstić information content (AvgIpc) is 3.13. The summed E-state index contributed by atoms with van der Waals surface area (Å²) in [6, 6.07) is 12.1. The van der Waals surface area contributed by atoms with Crippen molar-refractivity contribution < 1.29 is 9.47 Å². The van der Waals surface area contributed by atoms with Crippen molar-refractivity contribution in [2.45, 2.75) is 27.0 Å². The number of anilines is 1. The van der Waals surface area contributed by atoms with Crippen LogP contribution in [0.15, 0.2) is 48.0 Å². The van der Waals surface area contributed by atoms with Gasteiger partial charge < -0.3 is 14.8 Å². The van der Waals surface area contributed by atoms with Gasteiger partial charge in [0.2, 0.25) is 0 Å². The number of aromatic nitrogens is 1. The van der Waals surface area contributed by atoms with E-state index in [1.165, 1.54) is 5.56 Å². The maximum atomic E-state index is 6.48. The molecule has 0 saturated heterocycles. The Kier molecular flexibility index (Phi) is 6.36. The lowest BCUT2D eigenvalue weighted by Crippen LogP contribution is -2.04. The van der Waals surface area contributed by atoms with Gasteiger partial charge in [-0.2, -0.15) is 0 Å². The topological polar surface area (TPSA) is 43.4 Å². The first kappa shape index (κ1) is 18.5. The third-order valence-corrected chi connectivity index (χ3v) is 4.72. The average molecular weight is 389 g/mol. The number of nitrogens with zero attached hydrogens (tertiary/aromatic N) is 1. The van der Waals surface area contributed by atoms with Gasteiger partial charge >= 0.3 is 0 Å². The summed E-state index contributed by atoms with van der Waals surface area (Å²) in [6.07, 6.45) is 1.77. The highest BCUT2D eigenvalue weighted by molar-refractivity contribution is 7.13. The predicted octanol–water partition coefficient (Wildman–Crippen LogP) is 5.69. The number of aryl methyl sites for hydroxylation is 1. The molecular formula is C20H21ClN2O2S. The zero-order valence-corrected chi connectivity index (χ0v) is 16.4. The van der Waals surface area contributed by atoms with Gasteiger partial charge in [-0.1, -0.05) is 41.4 Å². The Morgan fingerprint density at radius 2 is 2.04 bits per heavy atom. The summed E-state index contributed by atoms with van der Waals surface area (Å²) in [4.78, 5) is 4.22. The molecule has 0 spiro atoms. The molecule has 0 unspecified atom stereocenters. The van der Waals surface area contributed by atoms with Crippen molar-refractivity contribution in [3.05, 3.63) is 69.7 Å². The Balaban J connectivity index is 1.75. The number of hydrogen-bond acceptors (Lipinski definition) is 5. The summed E-state index contributed by atoms with van der Waals surface area (Å²) in [5.41, 5.74) is 3.31. The summed E-state index contributed by atoms with van der Waals surface area (Å²) in [7, 11) is 0. The quantitative estimate of drug-likeness (QED) is 0.538. The molecule has 0 aliphatic heterocycles. The largest absolute Gasteiger partial charge is 0.490 e. The molecule has 6 heteroatoms. The molecule has 3 aromatic rings. The van der Waals surface area contributed by atoms with E-state index in [1.807, 2.05) is 36.6 Å².